The van der Waals surface area contributed by atoms with E-state index in [1.54, 1.807) is 17.0 Å². The number of hydrogen-bond donors (Lipinski definition) is 1. The van der Waals surface area contributed by atoms with Crippen molar-refractivity contribution >= 4 is 35.0 Å². The highest BCUT2D eigenvalue weighted by Gasteiger charge is 2.28. The Hall–Kier alpha value is -2.04. The number of nitrogens with one attached hydrogen (secondary N) is 1. The predicted molar refractivity (Wildman–Crippen MR) is 115 cm³/mol. The maximum Gasteiger partial charge on any atom is 0.242 e. The van der Waals surface area contributed by atoms with Crippen molar-refractivity contribution in [2.24, 2.45) is 0 Å². The third kappa shape index (κ3) is 6.25. The van der Waals surface area contributed by atoms with Gasteiger partial charge in [-0.1, -0.05) is 66.5 Å². The predicted octanol–water partition coefficient (Wildman–Crippen LogP) is 4.87. The molecule has 2 aromatic carbocycles. The van der Waals surface area contributed by atoms with Crippen LogP contribution in [0.1, 0.15) is 37.8 Å². The van der Waals surface area contributed by atoms with Crippen LogP contribution in [0.15, 0.2) is 48.5 Å². The van der Waals surface area contributed by atoms with Crippen LogP contribution in [0.4, 0.5) is 0 Å². The van der Waals surface area contributed by atoms with Gasteiger partial charge in [0.05, 0.1) is 10.0 Å². The number of rotatable bonds is 9. The molecule has 0 aliphatic heterocycles. The molecule has 2 aromatic rings. The zero-order chi connectivity index (χ0) is 20.5. The summed E-state index contributed by atoms with van der Waals surface area (Å²) in [5, 5.41) is 3.73. The Morgan fingerprint density at radius 2 is 1.71 bits per heavy atom. The maximum atomic E-state index is 13.1. The highest BCUT2D eigenvalue weighted by atomic mass is 35.5. The summed E-state index contributed by atoms with van der Waals surface area (Å²) in [7, 11) is 0. The first kappa shape index (κ1) is 22.3. The van der Waals surface area contributed by atoms with E-state index in [9.17, 15) is 9.59 Å². The van der Waals surface area contributed by atoms with Crippen LogP contribution < -0.4 is 5.32 Å². The van der Waals surface area contributed by atoms with Crippen molar-refractivity contribution in [3.05, 3.63) is 69.7 Å². The molecule has 150 valence electrons. The van der Waals surface area contributed by atoms with Gasteiger partial charge in [0.1, 0.15) is 6.04 Å². The third-order valence-corrected chi connectivity index (χ3v) is 5.28. The molecule has 0 fully saturated rings. The highest BCUT2D eigenvalue weighted by molar-refractivity contribution is 6.42. The molecule has 2 rings (SSSR count). The second kappa shape index (κ2) is 11.1. The van der Waals surface area contributed by atoms with E-state index in [0.29, 0.717) is 42.4 Å². The summed E-state index contributed by atoms with van der Waals surface area (Å²) < 4.78 is 0. The first-order valence-corrected chi connectivity index (χ1v) is 10.3. The number of likely N-dealkylation sites (N-methyl/N-ethyl adjacent to an activating group) is 1. The smallest absolute Gasteiger partial charge is 0.242 e. The Kier molecular flexibility index (Phi) is 8.81. The van der Waals surface area contributed by atoms with Crippen LogP contribution in [-0.4, -0.2) is 29.3 Å². The summed E-state index contributed by atoms with van der Waals surface area (Å²) >= 11 is 12.1. The normalized spacial score (nSPS) is 11.7. The van der Waals surface area contributed by atoms with Gasteiger partial charge in [-0.2, -0.15) is 0 Å². The van der Waals surface area contributed by atoms with E-state index in [2.05, 4.69) is 5.32 Å². The molecule has 2 amide bonds. The van der Waals surface area contributed by atoms with Crippen molar-refractivity contribution in [2.75, 3.05) is 6.54 Å². The molecule has 28 heavy (non-hydrogen) atoms. The van der Waals surface area contributed by atoms with Gasteiger partial charge in [0.15, 0.2) is 0 Å². The number of benzene rings is 2. The summed E-state index contributed by atoms with van der Waals surface area (Å²) in [6.45, 7) is 4.60. The molecule has 4 nitrogen and oxygen atoms in total. The van der Waals surface area contributed by atoms with Gasteiger partial charge in [0.25, 0.3) is 0 Å². The van der Waals surface area contributed by atoms with Gasteiger partial charge in [-0.15, -0.1) is 0 Å². The lowest BCUT2D eigenvalue weighted by molar-refractivity contribution is -0.141. The average Bonchev–Trinajstić information content (AvgIpc) is 2.69. The second-order valence-electron chi connectivity index (χ2n) is 6.57. The fourth-order valence-electron chi connectivity index (χ4n) is 3.09. The van der Waals surface area contributed by atoms with Gasteiger partial charge >= 0.3 is 0 Å². The molecule has 0 saturated heterocycles. The van der Waals surface area contributed by atoms with Crippen LogP contribution in [0.2, 0.25) is 10.0 Å². The van der Waals surface area contributed by atoms with Crippen LogP contribution in [0.3, 0.4) is 0 Å². The van der Waals surface area contributed by atoms with Gasteiger partial charge in [0, 0.05) is 19.5 Å². The van der Waals surface area contributed by atoms with E-state index in [1.165, 1.54) is 0 Å². The number of nitrogens with zero attached hydrogens (tertiary/aromatic N) is 1. The maximum absolute atomic E-state index is 13.1. The molecular formula is C22H26Cl2N2O2. The molecule has 0 aliphatic carbocycles. The second-order valence-corrected chi connectivity index (χ2v) is 7.39. The van der Waals surface area contributed by atoms with Crippen molar-refractivity contribution in [3.8, 4) is 0 Å². The lowest BCUT2D eigenvalue weighted by Crippen LogP contribution is -2.49. The van der Waals surface area contributed by atoms with Gasteiger partial charge in [-0.25, -0.2) is 0 Å². The molecular weight excluding hydrogens is 395 g/mol. The Balaban J connectivity index is 2.21. The van der Waals surface area contributed by atoms with Crippen LogP contribution in [0.5, 0.6) is 0 Å². The summed E-state index contributed by atoms with van der Waals surface area (Å²) in [6.07, 6.45) is 1.49. The fourth-order valence-corrected chi connectivity index (χ4v) is 3.41. The largest absolute Gasteiger partial charge is 0.355 e. The highest BCUT2D eigenvalue weighted by Crippen LogP contribution is 2.24. The third-order valence-electron chi connectivity index (χ3n) is 4.54. The Morgan fingerprint density at radius 3 is 2.32 bits per heavy atom. The number of carbonyl (C=O) groups excluding carboxylic acids is 2. The molecule has 0 radical (unpaired) electrons. The number of amides is 2. The van der Waals surface area contributed by atoms with Crippen LogP contribution in [0.25, 0.3) is 0 Å². The molecule has 0 spiro atoms. The molecule has 0 aromatic heterocycles. The van der Waals surface area contributed by atoms with E-state index in [0.717, 1.165) is 11.1 Å². The van der Waals surface area contributed by atoms with E-state index in [-0.39, 0.29) is 11.8 Å². The molecule has 0 saturated carbocycles. The van der Waals surface area contributed by atoms with Crippen molar-refractivity contribution in [1.82, 2.24) is 10.2 Å². The molecule has 0 bridgehead atoms. The lowest BCUT2D eigenvalue weighted by atomic mass is 10.1. The summed E-state index contributed by atoms with van der Waals surface area (Å²) in [5.74, 6) is -0.203. The standard InChI is InChI=1S/C22H26Cl2N2O2/c1-3-20(22(28)25-4-2)26(15-17-10-12-18(23)19(24)14-17)21(27)13-11-16-8-6-5-7-9-16/h5-10,12,14,20H,3-4,11,13,15H2,1-2H3,(H,25,28)/t20-/m0/s1. The van der Waals surface area contributed by atoms with Crippen molar-refractivity contribution in [2.45, 2.75) is 45.7 Å². The number of aryl methyl sites for hydroxylation is 1. The van der Waals surface area contributed by atoms with Crippen molar-refractivity contribution in [3.63, 3.8) is 0 Å². The van der Waals surface area contributed by atoms with Gasteiger partial charge in [0.2, 0.25) is 11.8 Å². The number of hydrogen-bond acceptors (Lipinski definition) is 2. The summed E-state index contributed by atoms with van der Waals surface area (Å²) in [5.41, 5.74) is 1.93. The Morgan fingerprint density at radius 1 is 1.00 bits per heavy atom. The number of carbonyl (C=O) groups is 2. The summed E-state index contributed by atoms with van der Waals surface area (Å²) in [4.78, 5) is 27.3. The zero-order valence-electron chi connectivity index (χ0n) is 16.3. The number of halogens is 2. The van der Waals surface area contributed by atoms with Crippen LogP contribution in [-0.2, 0) is 22.6 Å². The monoisotopic (exact) mass is 420 g/mol. The molecule has 1 atom stereocenters. The minimum Gasteiger partial charge on any atom is -0.355 e. The van der Waals surface area contributed by atoms with E-state index < -0.39 is 6.04 Å². The zero-order valence-corrected chi connectivity index (χ0v) is 17.8. The lowest BCUT2D eigenvalue weighted by Gasteiger charge is -2.30. The Bertz CT molecular complexity index is 796. The van der Waals surface area contributed by atoms with Gasteiger partial charge in [-0.05, 0) is 43.0 Å². The van der Waals surface area contributed by atoms with E-state index in [1.807, 2.05) is 50.2 Å². The fraction of sp³-hybridized carbons (Fsp3) is 0.364. The van der Waals surface area contributed by atoms with Crippen LogP contribution in [0, 0.1) is 0 Å². The quantitative estimate of drug-likeness (QED) is 0.628. The van der Waals surface area contributed by atoms with E-state index in [4.69, 9.17) is 23.2 Å². The van der Waals surface area contributed by atoms with Gasteiger partial charge < -0.3 is 10.2 Å². The molecule has 1 N–H and O–H groups in total. The van der Waals surface area contributed by atoms with Gasteiger partial charge in [-0.3, -0.25) is 9.59 Å². The average molecular weight is 421 g/mol. The Labute approximate surface area is 176 Å². The molecule has 0 unspecified atom stereocenters. The van der Waals surface area contributed by atoms with Crippen LogP contribution >= 0.6 is 23.2 Å². The van der Waals surface area contributed by atoms with Crippen molar-refractivity contribution < 1.29 is 9.59 Å². The first-order chi connectivity index (χ1) is 13.5. The van der Waals surface area contributed by atoms with E-state index >= 15 is 0 Å². The molecule has 0 aliphatic rings. The molecule has 0 heterocycles. The topological polar surface area (TPSA) is 49.4 Å². The first-order valence-electron chi connectivity index (χ1n) is 9.51. The minimum absolute atomic E-state index is 0.0620. The van der Waals surface area contributed by atoms with Crippen molar-refractivity contribution in [1.29, 1.82) is 0 Å². The SMILES string of the molecule is CCNC(=O)[C@H](CC)N(Cc1ccc(Cl)c(Cl)c1)C(=O)CCc1ccccc1. The summed E-state index contributed by atoms with van der Waals surface area (Å²) in [6, 6.07) is 14.6. The minimum atomic E-state index is -0.530. The molecule has 6 heteroatoms.